The van der Waals surface area contributed by atoms with Gasteiger partial charge in [-0.2, -0.15) is 0 Å². The first-order valence-corrected chi connectivity index (χ1v) is 5.73. The Morgan fingerprint density at radius 2 is 1.74 bits per heavy atom. The van der Waals surface area contributed by atoms with Gasteiger partial charge in [-0.3, -0.25) is 20.4 Å². The molecule has 0 unspecified atom stereocenters. The van der Waals surface area contributed by atoms with Gasteiger partial charge in [0, 0.05) is 25.6 Å². The van der Waals surface area contributed by atoms with E-state index in [1.165, 1.54) is 6.92 Å². The van der Waals surface area contributed by atoms with E-state index in [4.69, 9.17) is 0 Å². The van der Waals surface area contributed by atoms with Gasteiger partial charge in [-0.15, -0.1) is 0 Å². The topological polar surface area (TPSA) is 99.3 Å². The Hall–Kier alpha value is -2.57. The van der Waals surface area contributed by atoms with Crippen LogP contribution in [0.4, 0.5) is 10.5 Å². The second-order valence-corrected chi connectivity index (χ2v) is 3.73. The number of nitrogens with one attached hydrogen (secondary N) is 4. The van der Waals surface area contributed by atoms with Crippen LogP contribution in [0, 0.1) is 0 Å². The predicted octanol–water partition coefficient (Wildman–Crippen LogP) is 0.366. The standard InChI is InChI=1S/C12H16N4O3/c1-9(17)15-16-11(18)7-8-13-12(19)14-10-5-3-2-4-6-10/h2-6H,7-8H2,1H3,(H,15,17)(H,16,18)(H2,13,14,19). The molecule has 0 bridgehead atoms. The zero-order valence-corrected chi connectivity index (χ0v) is 10.5. The number of carbonyl (C=O) groups excluding carboxylic acids is 3. The van der Waals surface area contributed by atoms with Gasteiger partial charge in [0.15, 0.2) is 0 Å². The average Bonchev–Trinajstić information content (AvgIpc) is 2.37. The van der Waals surface area contributed by atoms with Gasteiger partial charge in [0.05, 0.1) is 0 Å². The van der Waals surface area contributed by atoms with Crippen molar-refractivity contribution in [1.29, 1.82) is 0 Å². The highest BCUT2D eigenvalue weighted by Gasteiger charge is 2.04. The summed E-state index contributed by atoms with van der Waals surface area (Å²) < 4.78 is 0. The maximum atomic E-state index is 11.4. The van der Waals surface area contributed by atoms with E-state index in [1.807, 2.05) is 6.07 Å². The van der Waals surface area contributed by atoms with Crippen molar-refractivity contribution < 1.29 is 14.4 Å². The van der Waals surface area contributed by atoms with Gasteiger partial charge in [0.1, 0.15) is 0 Å². The summed E-state index contributed by atoms with van der Waals surface area (Å²) >= 11 is 0. The fourth-order valence-corrected chi connectivity index (χ4v) is 1.21. The van der Waals surface area contributed by atoms with Crippen LogP contribution in [0.5, 0.6) is 0 Å². The van der Waals surface area contributed by atoms with Crippen LogP contribution in [-0.2, 0) is 9.59 Å². The lowest BCUT2D eigenvalue weighted by molar-refractivity contribution is -0.127. The Labute approximate surface area is 110 Å². The SMILES string of the molecule is CC(=O)NNC(=O)CCNC(=O)Nc1ccccc1. The Balaban J connectivity index is 2.17. The van der Waals surface area contributed by atoms with E-state index in [2.05, 4.69) is 21.5 Å². The van der Waals surface area contributed by atoms with Crippen LogP contribution in [0.2, 0.25) is 0 Å². The normalized spacial score (nSPS) is 9.32. The van der Waals surface area contributed by atoms with E-state index in [0.29, 0.717) is 5.69 Å². The lowest BCUT2D eigenvalue weighted by Crippen LogP contribution is -2.42. The van der Waals surface area contributed by atoms with Crippen LogP contribution in [0.3, 0.4) is 0 Å². The van der Waals surface area contributed by atoms with Crippen molar-refractivity contribution >= 4 is 23.5 Å². The molecule has 102 valence electrons. The molecule has 1 aromatic rings. The smallest absolute Gasteiger partial charge is 0.319 e. The molecule has 1 rings (SSSR count). The quantitative estimate of drug-likeness (QED) is 0.591. The van der Waals surface area contributed by atoms with Crippen LogP contribution in [-0.4, -0.2) is 24.4 Å². The highest BCUT2D eigenvalue weighted by Crippen LogP contribution is 2.03. The molecule has 0 aliphatic heterocycles. The molecule has 0 spiro atoms. The molecule has 19 heavy (non-hydrogen) atoms. The summed E-state index contributed by atoms with van der Waals surface area (Å²) in [7, 11) is 0. The van der Waals surface area contributed by atoms with Crippen LogP contribution < -0.4 is 21.5 Å². The molecule has 0 heterocycles. The Morgan fingerprint density at radius 1 is 1.05 bits per heavy atom. The number of benzene rings is 1. The fraction of sp³-hybridized carbons (Fsp3) is 0.250. The first-order valence-electron chi connectivity index (χ1n) is 5.73. The predicted molar refractivity (Wildman–Crippen MR) is 70.0 cm³/mol. The minimum absolute atomic E-state index is 0.0719. The number of hydrazine groups is 1. The molecule has 7 nitrogen and oxygen atoms in total. The zero-order chi connectivity index (χ0) is 14.1. The monoisotopic (exact) mass is 264 g/mol. The van der Waals surface area contributed by atoms with Crippen molar-refractivity contribution in [3.8, 4) is 0 Å². The molecule has 0 aliphatic rings. The molecule has 0 saturated heterocycles. The summed E-state index contributed by atoms with van der Waals surface area (Å²) in [6.45, 7) is 1.45. The minimum Gasteiger partial charge on any atom is -0.337 e. The summed E-state index contributed by atoms with van der Waals surface area (Å²) in [5.41, 5.74) is 5.02. The summed E-state index contributed by atoms with van der Waals surface area (Å²) in [4.78, 5) is 33.2. The maximum absolute atomic E-state index is 11.4. The second-order valence-electron chi connectivity index (χ2n) is 3.73. The molecule has 7 heteroatoms. The molecule has 0 fully saturated rings. The van der Waals surface area contributed by atoms with Crippen molar-refractivity contribution in [2.24, 2.45) is 0 Å². The van der Waals surface area contributed by atoms with E-state index >= 15 is 0 Å². The van der Waals surface area contributed by atoms with Crippen molar-refractivity contribution in [3.63, 3.8) is 0 Å². The fourth-order valence-electron chi connectivity index (χ4n) is 1.21. The van der Waals surface area contributed by atoms with Crippen molar-refractivity contribution in [2.45, 2.75) is 13.3 Å². The van der Waals surface area contributed by atoms with Crippen molar-refractivity contribution in [1.82, 2.24) is 16.2 Å². The number of anilines is 1. The van der Waals surface area contributed by atoms with Crippen LogP contribution in [0.25, 0.3) is 0 Å². The first-order chi connectivity index (χ1) is 9.08. The Kier molecular flexibility index (Phi) is 5.87. The van der Waals surface area contributed by atoms with Gasteiger partial charge in [-0.1, -0.05) is 18.2 Å². The molecule has 4 N–H and O–H groups in total. The number of rotatable bonds is 4. The van der Waals surface area contributed by atoms with Crippen LogP contribution in [0.15, 0.2) is 30.3 Å². The average molecular weight is 264 g/mol. The number of carbonyl (C=O) groups is 3. The number of hydrogen-bond donors (Lipinski definition) is 4. The summed E-state index contributed by atoms with van der Waals surface area (Å²) in [6.07, 6.45) is 0.0719. The summed E-state index contributed by atoms with van der Waals surface area (Å²) in [5.74, 6) is -0.738. The third kappa shape index (κ3) is 6.67. The number of hydrogen-bond acceptors (Lipinski definition) is 3. The first kappa shape index (κ1) is 14.5. The summed E-state index contributed by atoms with van der Waals surface area (Å²) in [6, 6.07) is 8.56. The Bertz CT molecular complexity index is 448. The molecule has 4 amide bonds. The number of amides is 4. The van der Waals surface area contributed by atoms with E-state index in [1.54, 1.807) is 24.3 Å². The van der Waals surface area contributed by atoms with Crippen LogP contribution >= 0.6 is 0 Å². The third-order valence-electron chi connectivity index (χ3n) is 2.05. The zero-order valence-electron chi connectivity index (χ0n) is 10.5. The van der Waals surface area contributed by atoms with Gasteiger partial charge in [0.2, 0.25) is 11.8 Å². The molecule has 0 radical (unpaired) electrons. The number of para-hydroxylation sites is 1. The lowest BCUT2D eigenvalue weighted by atomic mass is 10.3. The molecular formula is C12H16N4O3. The number of urea groups is 1. The molecular weight excluding hydrogens is 248 g/mol. The minimum atomic E-state index is -0.390. The second kappa shape index (κ2) is 7.70. The molecule has 0 atom stereocenters. The van der Waals surface area contributed by atoms with Gasteiger partial charge >= 0.3 is 6.03 Å². The van der Waals surface area contributed by atoms with E-state index in [0.717, 1.165) is 0 Å². The van der Waals surface area contributed by atoms with E-state index in [9.17, 15) is 14.4 Å². The van der Waals surface area contributed by atoms with Gasteiger partial charge in [-0.05, 0) is 12.1 Å². The summed E-state index contributed by atoms with van der Waals surface area (Å²) in [5, 5.41) is 5.14. The van der Waals surface area contributed by atoms with Crippen molar-refractivity contribution in [2.75, 3.05) is 11.9 Å². The van der Waals surface area contributed by atoms with Gasteiger partial charge < -0.3 is 10.6 Å². The molecule has 0 aromatic heterocycles. The largest absolute Gasteiger partial charge is 0.337 e. The highest BCUT2D eigenvalue weighted by atomic mass is 16.2. The van der Waals surface area contributed by atoms with E-state index < -0.39 is 6.03 Å². The third-order valence-corrected chi connectivity index (χ3v) is 2.05. The van der Waals surface area contributed by atoms with Crippen molar-refractivity contribution in [3.05, 3.63) is 30.3 Å². The van der Waals surface area contributed by atoms with Gasteiger partial charge in [-0.25, -0.2) is 4.79 Å². The maximum Gasteiger partial charge on any atom is 0.319 e. The molecule has 0 aliphatic carbocycles. The molecule has 1 aromatic carbocycles. The lowest BCUT2D eigenvalue weighted by Gasteiger charge is -2.08. The van der Waals surface area contributed by atoms with E-state index in [-0.39, 0.29) is 24.8 Å². The highest BCUT2D eigenvalue weighted by molar-refractivity contribution is 5.89. The van der Waals surface area contributed by atoms with Crippen LogP contribution in [0.1, 0.15) is 13.3 Å². The molecule has 0 saturated carbocycles. The Morgan fingerprint density at radius 3 is 2.37 bits per heavy atom. The van der Waals surface area contributed by atoms with Gasteiger partial charge in [0.25, 0.3) is 0 Å².